The molecule has 0 spiro atoms. The second kappa shape index (κ2) is 7.87. The van der Waals surface area contributed by atoms with Crippen LogP contribution in [0.4, 0.5) is 4.39 Å². The van der Waals surface area contributed by atoms with Crippen LogP contribution in [-0.2, 0) is 0 Å². The van der Waals surface area contributed by atoms with Gasteiger partial charge in [-0.3, -0.25) is 4.79 Å². The van der Waals surface area contributed by atoms with Crippen LogP contribution in [0, 0.1) is 12.7 Å². The van der Waals surface area contributed by atoms with E-state index in [9.17, 15) is 14.3 Å². The van der Waals surface area contributed by atoms with Crippen LogP contribution in [0.3, 0.4) is 0 Å². The van der Waals surface area contributed by atoms with Crippen LogP contribution in [0.15, 0.2) is 52.9 Å². The normalized spacial score (nSPS) is 21.9. The summed E-state index contributed by atoms with van der Waals surface area (Å²) in [5, 5.41) is 11.8. The van der Waals surface area contributed by atoms with E-state index in [1.54, 1.807) is 19.2 Å². The quantitative estimate of drug-likeness (QED) is 0.712. The van der Waals surface area contributed by atoms with Crippen molar-refractivity contribution in [3.63, 3.8) is 0 Å². The summed E-state index contributed by atoms with van der Waals surface area (Å²) in [4.78, 5) is 14.7. The number of hydrogen-bond acceptors (Lipinski definition) is 4. The number of nitrogens with zero attached hydrogens (tertiary/aromatic N) is 1. The monoisotopic (exact) mass is 397 g/mol. The van der Waals surface area contributed by atoms with Crippen LogP contribution in [0.1, 0.15) is 35.4 Å². The number of benzene rings is 2. The number of carbonyl (C=O) groups excluding carboxylic acids is 1. The highest BCUT2D eigenvalue weighted by Crippen LogP contribution is 2.30. The number of amides is 1. The van der Waals surface area contributed by atoms with Gasteiger partial charge in [-0.25, -0.2) is 4.39 Å². The molecule has 3 aromatic rings. The number of para-hydroxylation sites is 1. The third kappa shape index (κ3) is 3.72. The fourth-order valence-electron chi connectivity index (χ4n) is 4.07. The molecular weight excluding hydrogens is 373 g/mol. The molecule has 0 aliphatic heterocycles. The summed E-state index contributed by atoms with van der Waals surface area (Å²) in [5.74, 6) is -0.00274. The number of hydrogen-bond donors (Lipinski definition) is 1. The Morgan fingerprint density at radius 2 is 2.00 bits per heavy atom. The molecule has 1 amide bonds. The van der Waals surface area contributed by atoms with Crippen LogP contribution < -0.4 is 4.74 Å². The first kappa shape index (κ1) is 19.5. The van der Waals surface area contributed by atoms with E-state index in [2.05, 4.69) is 0 Å². The average Bonchev–Trinajstić information content (AvgIpc) is 3.05. The first-order chi connectivity index (χ1) is 14.0. The minimum Gasteiger partial charge on any atom is -0.488 e. The van der Waals surface area contributed by atoms with Gasteiger partial charge in [-0.1, -0.05) is 24.3 Å². The van der Waals surface area contributed by atoms with Gasteiger partial charge in [0, 0.05) is 24.1 Å². The van der Waals surface area contributed by atoms with Crippen molar-refractivity contribution in [3.05, 3.63) is 65.7 Å². The summed E-state index contributed by atoms with van der Waals surface area (Å²) < 4.78 is 25.1. The zero-order valence-electron chi connectivity index (χ0n) is 16.5. The number of aliphatic hydroxyl groups excluding tert-OH is 1. The minimum atomic E-state index is -0.884. The van der Waals surface area contributed by atoms with Gasteiger partial charge in [0.05, 0.1) is 6.04 Å². The van der Waals surface area contributed by atoms with Crippen LogP contribution in [-0.4, -0.2) is 41.2 Å². The fraction of sp³-hybridized carbons (Fsp3) is 0.348. The van der Waals surface area contributed by atoms with Gasteiger partial charge >= 0.3 is 0 Å². The van der Waals surface area contributed by atoms with E-state index in [4.69, 9.17) is 9.15 Å². The molecule has 0 saturated heterocycles. The number of likely N-dealkylation sites (N-methyl/N-ethyl adjacent to an activating group) is 1. The second-order valence-electron chi connectivity index (χ2n) is 7.57. The van der Waals surface area contributed by atoms with E-state index in [1.807, 2.05) is 31.2 Å². The highest BCUT2D eigenvalue weighted by molar-refractivity contribution is 5.99. The maximum atomic E-state index is 13.4. The molecule has 1 heterocycles. The smallest absolute Gasteiger partial charge is 0.289 e. The first-order valence-electron chi connectivity index (χ1n) is 9.81. The number of carbonyl (C=O) groups is 1. The molecule has 1 N–H and O–H groups in total. The summed E-state index contributed by atoms with van der Waals surface area (Å²) in [5.41, 5.74) is 1.45. The van der Waals surface area contributed by atoms with Crippen LogP contribution in [0.2, 0.25) is 0 Å². The molecule has 2 aromatic carbocycles. The van der Waals surface area contributed by atoms with E-state index in [-0.39, 0.29) is 11.7 Å². The predicted octanol–water partition coefficient (Wildman–Crippen LogP) is 4.31. The molecule has 4 rings (SSSR count). The van der Waals surface area contributed by atoms with E-state index in [0.29, 0.717) is 24.2 Å². The number of aliphatic hydroxyl groups is 1. The molecule has 5 nitrogen and oxygen atoms in total. The number of rotatable bonds is 4. The Morgan fingerprint density at radius 1 is 1.21 bits per heavy atom. The topological polar surface area (TPSA) is 62.9 Å². The molecule has 0 bridgehead atoms. The largest absolute Gasteiger partial charge is 0.488 e. The van der Waals surface area contributed by atoms with E-state index in [0.717, 1.165) is 17.4 Å². The summed E-state index contributed by atoms with van der Waals surface area (Å²) in [7, 11) is 1.67. The molecular formula is C23H24FNO4. The van der Waals surface area contributed by atoms with Crippen LogP contribution in [0.5, 0.6) is 5.75 Å². The molecule has 6 heteroatoms. The lowest BCUT2D eigenvalue weighted by Gasteiger charge is -2.39. The fourth-order valence-corrected chi connectivity index (χ4v) is 4.07. The summed E-state index contributed by atoms with van der Waals surface area (Å²) >= 11 is 0. The molecule has 1 aliphatic rings. The van der Waals surface area contributed by atoms with E-state index < -0.39 is 24.1 Å². The Kier molecular flexibility index (Phi) is 5.28. The molecule has 152 valence electrons. The van der Waals surface area contributed by atoms with E-state index >= 15 is 0 Å². The number of furan rings is 1. The maximum Gasteiger partial charge on any atom is 0.289 e. The molecule has 3 atom stereocenters. The highest BCUT2D eigenvalue weighted by atomic mass is 19.1. The molecule has 1 saturated carbocycles. The van der Waals surface area contributed by atoms with Gasteiger partial charge in [-0.05, 0) is 44.4 Å². The number of fused-ring (bicyclic) bond motifs is 1. The van der Waals surface area contributed by atoms with Crippen molar-refractivity contribution >= 4 is 16.9 Å². The van der Waals surface area contributed by atoms with Crippen molar-refractivity contribution in [2.75, 3.05) is 7.05 Å². The summed E-state index contributed by atoms with van der Waals surface area (Å²) in [6.45, 7) is 1.86. The zero-order valence-corrected chi connectivity index (χ0v) is 16.5. The Balaban J connectivity index is 1.53. The Bertz CT molecular complexity index is 1030. The van der Waals surface area contributed by atoms with Crippen LogP contribution >= 0.6 is 0 Å². The summed E-state index contributed by atoms with van der Waals surface area (Å²) in [6, 6.07) is 13.0. The highest BCUT2D eigenvalue weighted by Gasteiger charge is 2.38. The number of aryl methyl sites for hydroxylation is 1. The Hall–Kier alpha value is -2.86. The maximum absolute atomic E-state index is 13.4. The van der Waals surface area contributed by atoms with Gasteiger partial charge in [0.15, 0.2) is 5.76 Å². The van der Waals surface area contributed by atoms with Crippen LogP contribution in [0.25, 0.3) is 11.0 Å². The third-order valence-electron chi connectivity index (χ3n) is 5.70. The Labute approximate surface area is 168 Å². The van der Waals surface area contributed by atoms with Gasteiger partial charge in [-0.2, -0.15) is 0 Å². The first-order valence-corrected chi connectivity index (χ1v) is 9.81. The van der Waals surface area contributed by atoms with Crippen molar-refractivity contribution in [1.82, 2.24) is 4.90 Å². The van der Waals surface area contributed by atoms with Gasteiger partial charge in [0.25, 0.3) is 5.91 Å². The second-order valence-corrected chi connectivity index (χ2v) is 7.57. The molecule has 29 heavy (non-hydrogen) atoms. The van der Waals surface area contributed by atoms with Gasteiger partial charge in [0.1, 0.15) is 29.4 Å². The van der Waals surface area contributed by atoms with Crippen molar-refractivity contribution in [1.29, 1.82) is 0 Å². The lowest BCUT2D eigenvalue weighted by Crippen LogP contribution is -2.53. The SMILES string of the molecule is Cc1c(C(=O)N(C)[C@@H]2CCC[C@@H](Oc3cccc(F)c3)[C@@H]2O)oc2ccccc12. The number of halogens is 1. The standard InChI is InChI=1S/C23H24FNO4/c1-14-17-9-3-4-11-19(17)29-22(14)23(27)25(2)18-10-6-12-20(21(18)26)28-16-8-5-7-15(24)13-16/h3-5,7-9,11,13,18,20-21,26H,6,10,12H2,1-2H3/t18-,20-,21-/m1/s1. The Morgan fingerprint density at radius 3 is 2.76 bits per heavy atom. The molecule has 0 unspecified atom stereocenters. The van der Waals surface area contributed by atoms with Gasteiger partial charge < -0.3 is 19.2 Å². The van der Waals surface area contributed by atoms with Crippen molar-refractivity contribution in [3.8, 4) is 5.75 Å². The molecule has 1 fully saturated rings. The molecule has 0 radical (unpaired) electrons. The average molecular weight is 397 g/mol. The zero-order chi connectivity index (χ0) is 20.5. The molecule has 1 aliphatic carbocycles. The predicted molar refractivity (Wildman–Crippen MR) is 108 cm³/mol. The summed E-state index contributed by atoms with van der Waals surface area (Å²) in [6.07, 6.45) is 0.692. The molecule has 1 aromatic heterocycles. The van der Waals surface area contributed by atoms with Crippen molar-refractivity contribution < 1.29 is 23.4 Å². The number of ether oxygens (including phenoxy) is 1. The van der Waals surface area contributed by atoms with Gasteiger partial charge in [-0.15, -0.1) is 0 Å². The van der Waals surface area contributed by atoms with Crippen molar-refractivity contribution in [2.24, 2.45) is 0 Å². The van der Waals surface area contributed by atoms with Crippen molar-refractivity contribution in [2.45, 2.75) is 44.4 Å². The minimum absolute atomic E-state index is 0.269. The lowest BCUT2D eigenvalue weighted by atomic mass is 9.88. The third-order valence-corrected chi connectivity index (χ3v) is 5.70. The lowest BCUT2D eigenvalue weighted by molar-refractivity contribution is -0.0418. The van der Waals surface area contributed by atoms with E-state index in [1.165, 1.54) is 17.0 Å². The van der Waals surface area contributed by atoms with Gasteiger partial charge in [0.2, 0.25) is 0 Å².